The van der Waals surface area contributed by atoms with E-state index in [-0.39, 0.29) is 11.8 Å². The van der Waals surface area contributed by atoms with Crippen LogP contribution in [0.4, 0.5) is 0 Å². The molecule has 1 aromatic heterocycles. The summed E-state index contributed by atoms with van der Waals surface area (Å²) in [5.74, 6) is 0.147. The van der Waals surface area contributed by atoms with Crippen LogP contribution in [-0.2, 0) is 11.2 Å². The first-order chi connectivity index (χ1) is 7.67. The van der Waals surface area contributed by atoms with Gasteiger partial charge in [-0.15, -0.1) is 11.3 Å². The number of hydrogen-bond donors (Lipinski definition) is 1. The van der Waals surface area contributed by atoms with E-state index in [1.54, 1.807) is 18.4 Å². The molecule has 0 fully saturated rings. The average molecular weight is 241 g/mol. The van der Waals surface area contributed by atoms with Crippen molar-refractivity contribution in [1.82, 2.24) is 0 Å². The van der Waals surface area contributed by atoms with Crippen LogP contribution in [0.25, 0.3) is 0 Å². The first kappa shape index (κ1) is 13.4. The Morgan fingerprint density at radius 1 is 1.56 bits per heavy atom. The highest BCUT2D eigenvalue weighted by molar-refractivity contribution is 7.14. The lowest BCUT2D eigenvalue weighted by Crippen LogP contribution is -2.25. The molecule has 0 aliphatic rings. The van der Waals surface area contributed by atoms with Crippen LogP contribution in [0.1, 0.15) is 34.3 Å². The lowest BCUT2D eigenvalue weighted by Gasteiger charge is -2.08. The molecule has 90 valence electrons. The molecule has 0 radical (unpaired) electrons. The molecule has 16 heavy (non-hydrogen) atoms. The van der Waals surface area contributed by atoms with E-state index in [0.717, 1.165) is 17.7 Å². The van der Waals surface area contributed by atoms with Gasteiger partial charge < -0.3 is 10.5 Å². The lowest BCUT2D eigenvalue weighted by atomic mass is 10.1. The van der Waals surface area contributed by atoms with Crippen molar-refractivity contribution in [1.29, 1.82) is 0 Å². The Balaban J connectivity index is 2.45. The summed E-state index contributed by atoms with van der Waals surface area (Å²) in [4.78, 5) is 13.9. The minimum atomic E-state index is -0.0976. The molecule has 0 aliphatic heterocycles. The number of Topliss-reactive ketones (excluding diaryl/α,β-unsaturated/α-hetero) is 1. The van der Waals surface area contributed by atoms with Crippen LogP contribution in [0.2, 0.25) is 0 Å². The van der Waals surface area contributed by atoms with E-state index in [1.807, 2.05) is 12.1 Å². The first-order valence-electron chi connectivity index (χ1n) is 5.53. The van der Waals surface area contributed by atoms with Crippen LogP contribution >= 0.6 is 11.3 Å². The highest BCUT2D eigenvalue weighted by Crippen LogP contribution is 2.19. The van der Waals surface area contributed by atoms with Crippen molar-refractivity contribution in [3.05, 3.63) is 21.9 Å². The number of carbonyl (C=O) groups is 1. The van der Waals surface area contributed by atoms with Gasteiger partial charge in [-0.1, -0.05) is 6.92 Å². The maximum atomic E-state index is 11.8. The van der Waals surface area contributed by atoms with Crippen LogP contribution in [0, 0.1) is 0 Å². The van der Waals surface area contributed by atoms with Gasteiger partial charge in [-0.2, -0.15) is 0 Å². The molecule has 0 saturated heterocycles. The Labute approximate surface area is 101 Å². The second-order valence-corrected chi connectivity index (χ2v) is 4.96. The number of hydrogen-bond acceptors (Lipinski definition) is 4. The van der Waals surface area contributed by atoms with E-state index in [1.165, 1.54) is 4.88 Å². The van der Waals surface area contributed by atoms with E-state index in [0.29, 0.717) is 13.0 Å². The summed E-state index contributed by atoms with van der Waals surface area (Å²) in [5.41, 5.74) is 5.84. The molecule has 0 bridgehead atoms. The lowest BCUT2D eigenvalue weighted by molar-refractivity contribution is 0.0971. The van der Waals surface area contributed by atoms with Crippen molar-refractivity contribution in [2.45, 2.75) is 32.2 Å². The van der Waals surface area contributed by atoms with Crippen molar-refractivity contribution in [2.75, 3.05) is 13.7 Å². The molecule has 2 N–H and O–H groups in total. The maximum absolute atomic E-state index is 11.8. The molecule has 0 saturated carbocycles. The highest BCUT2D eigenvalue weighted by atomic mass is 32.1. The first-order valence-corrected chi connectivity index (χ1v) is 6.35. The number of nitrogens with two attached hydrogens (primary N) is 1. The van der Waals surface area contributed by atoms with E-state index in [9.17, 15) is 4.79 Å². The van der Waals surface area contributed by atoms with E-state index >= 15 is 0 Å². The normalized spacial score (nSPS) is 12.7. The second-order valence-electron chi connectivity index (χ2n) is 3.79. The van der Waals surface area contributed by atoms with Gasteiger partial charge in [0.25, 0.3) is 0 Å². The van der Waals surface area contributed by atoms with Crippen molar-refractivity contribution in [3.63, 3.8) is 0 Å². The molecule has 1 heterocycles. The van der Waals surface area contributed by atoms with Crippen LogP contribution in [0.5, 0.6) is 0 Å². The Morgan fingerprint density at radius 3 is 2.88 bits per heavy atom. The van der Waals surface area contributed by atoms with Gasteiger partial charge in [0, 0.05) is 31.1 Å². The molecule has 0 aliphatic carbocycles. The largest absolute Gasteiger partial charge is 0.385 e. The fourth-order valence-corrected chi connectivity index (χ4v) is 2.32. The highest BCUT2D eigenvalue weighted by Gasteiger charge is 2.13. The molecular formula is C12H19NO2S. The maximum Gasteiger partial charge on any atom is 0.174 e. The van der Waals surface area contributed by atoms with Crippen molar-refractivity contribution < 1.29 is 9.53 Å². The molecule has 0 spiro atoms. The van der Waals surface area contributed by atoms with Crippen LogP contribution in [0.3, 0.4) is 0 Å². The molecule has 1 rings (SSSR count). The van der Waals surface area contributed by atoms with Crippen LogP contribution in [-0.4, -0.2) is 25.5 Å². The third-order valence-corrected chi connectivity index (χ3v) is 3.70. The fraction of sp³-hybridized carbons (Fsp3) is 0.583. The Morgan fingerprint density at radius 2 is 2.31 bits per heavy atom. The summed E-state index contributed by atoms with van der Waals surface area (Å²) in [7, 11) is 1.64. The number of rotatable bonds is 7. The number of ether oxygens (including phenoxy) is 1. The third kappa shape index (κ3) is 4.04. The molecule has 1 unspecified atom stereocenters. The minimum Gasteiger partial charge on any atom is -0.385 e. The van der Waals surface area contributed by atoms with Crippen molar-refractivity contribution in [3.8, 4) is 0 Å². The SMILES string of the molecule is CCc1ccc(C(=O)CC(N)CCOC)s1. The number of carbonyl (C=O) groups excluding carboxylic acids is 1. The van der Waals surface area contributed by atoms with E-state index in [2.05, 4.69) is 6.92 Å². The quantitative estimate of drug-likeness (QED) is 0.745. The monoisotopic (exact) mass is 241 g/mol. The zero-order valence-electron chi connectivity index (χ0n) is 9.86. The van der Waals surface area contributed by atoms with E-state index in [4.69, 9.17) is 10.5 Å². The molecule has 1 atom stereocenters. The smallest absolute Gasteiger partial charge is 0.174 e. The zero-order chi connectivity index (χ0) is 12.0. The summed E-state index contributed by atoms with van der Waals surface area (Å²) in [6.07, 6.45) is 2.12. The van der Waals surface area contributed by atoms with Gasteiger partial charge >= 0.3 is 0 Å². The number of ketones is 1. The standard InChI is InChI=1S/C12H19NO2S/c1-3-10-4-5-12(16-10)11(14)8-9(13)6-7-15-2/h4-5,9H,3,6-8,13H2,1-2H3. The van der Waals surface area contributed by atoms with Crippen molar-refractivity contribution >= 4 is 17.1 Å². The Kier molecular flexibility index (Phi) is 5.66. The molecule has 0 aromatic carbocycles. The third-order valence-electron chi connectivity index (χ3n) is 2.43. The summed E-state index contributed by atoms with van der Waals surface area (Å²) < 4.78 is 4.93. The van der Waals surface area contributed by atoms with Gasteiger partial charge in [0.1, 0.15) is 0 Å². The average Bonchev–Trinajstić information content (AvgIpc) is 2.74. The molecule has 0 amide bonds. The van der Waals surface area contributed by atoms with Gasteiger partial charge in [-0.25, -0.2) is 0 Å². The Hall–Kier alpha value is -0.710. The van der Waals surface area contributed by atoms with Crippen molar-refractivity contribution in [2.24, 2.45) is 5.73 Å². The summed E-state index contributed by atoms with van der Waals surface area (Å²) >= 11 is 1.57. The van der Waals surface area contributed by atoms with Gasteiger partial charge in [0.05, 0.1) is 4.88 Å². The summed E-state index contributed by atoms with van der Waals surface area (Å²) in [5, 5.41) is 0. The second kappa shape index (κ2) is 6.78. The van der Waals surface area contributed by atoms with Crippen LogP contribution < -0.4 is 5.73 Å². The summed E-state index contributed by atoms with van der Waals surface area (Å²) in [6.45, 7) is 2.70. The number of thiophene rings is 1. The fourth-order valence-electron chi connectivity index (χ4n) is 1.43. The number of methoxy groups -OCH3 is 1. The predicted octanol–water partition coefficient (Wildman–Crippen LogP) is 2.25. The van der Waals surface area contributed by atoms with Gasteiger partial charge in [0.15, 0.2) is 5.78 Å². The number of aryl methyl sites for hydroxylation is 1. The molecule has 1 aromatic rings. The topological polar surface area (TPSA) is 52.3 Å². The molecular weight excluding hydrogens is 222 g/mol. The van der Waals surface area contributed by atoms with Gasteiger partial charge in [-0.3, -0.25) is 4.79 Å². The molecule has 4 heteroatoms. The van der Waals surface area contributed by atoms with Gasteiger partial charge in [-0.05, 0) is 25.0 Å². The van der Waals surface area contributed by atoms with E-state index < -0.39 is 0 Å². The zero-order valence-corrected chi connectivity index (χ0v) is 10.7. The van der Waals surface area contributed by atoms with Gasteiger partial charge in [0.2, 0.25) is 0 Å². The molecule has 3 nitrogen and oxygen atoms in total. The van der Waals surface area contributed by atoms with Crippen LogP contribution in [0.15, 0.2) is 12.1 Å². The summed E-state index contributed by atoms with van der Waals surface area (Å²) in [6, 6.07) is 3.81. The predicted molar refractivity (Wildman–Crippen MR) is 67.1 cm³/mol. The Bertz CT molecular complexity index is 336. The minimum absolute atomic E-state index is 0.0976.